The summed E-state index contributed by atoms with van der Waals surface area (Å²) in [6, 6.07) is 0. The molecule has 1 atom stereocenters. The Balaban J connectivity index is 4.38. The lowest BCUT2D eigenvalue weighted by molar-refractivity contribution is -0.0919. The maximum Gasteiger partial charge on any atom is 0.0967 e. The van der Waals surface area contributed by atoms with E-state index in [-0.39, 0.29) is 5.60 Å². The summed E-state index contributed by atoms with van der Waals surface area (Å²) in [6.45, 7) is 8.60. The molecule has 0 aromatic heterocycles. The maximum absolute atomic E-state index is 5.48. The van der Waals surface area contributed by atoms with Crippen LogP contribution in [0, 0.1) is 5.92 Å². The fourth-order valence-corrected chi connectivity index (χ4v) is 1.33. The summed E-state index contributed by atoms with van der Waals surface area (Å²) in [7, 11) is 3.42. The van der Waals surface area contributed by atoms with Crippen molar-refractivity contribution in [3.05, 3.63) is 12.7 Å². The van der Waals surface area contributed by atoms with Crippen molar-refractivity contribution in [1.82, 2.24) is 0 Å². The van der Waals surface area contributed by atoms with E-state index >= 15 is 0 Å². The smallest absolute Gasteiger partial charge is 0.0967 e. The minimum atomic E-state index is -0.198. The fourth-order valence-electron chi connectivity index (χ4n) is 1.33. The first-order valence-electron chi connectivity index (χ1n) is 4.28. The van der Waals surface area contributed by atoms with E-state index in [1.165, 1.54) is 0 Å². The Bertz CT molecular complexity index is 132. The van der Waals surface area contributed by atoms with Crippen LogP contribution in [0.15, 0.2) is 12.7 Å². The molecule has 0 N–H and O–H groups in total. The summed E-state index contributed by atoms with van der Waals surface area (Å²) in [5, 5.41) is 0. The van der Waals surface area contributed by atoms with Gasteiger partial charge < -0.3 is 9.47 Å². The topological polar surface area (TPSA) is 18.5 Å². The van der Waals surface area contributed by atoms with Crippen molar-refractivity contribution in [2.45, 2.75) is 25.9 Å². The van der Waals surface area contributed by atoms with Crippen molar-refractivity contribution < 1.29 is 9.47 Å². The molecule has 0 spiro atoms. The van der Waals surface area contributed by atoms with E-state index in [9.17, 15) is 0 Å². The molecule has 0 radical (unpaired) electrons. The quantitative estimate of drug-likeness (QED) is 0.572. The summed E-state index contributed by atoms with van der Waals surface area (Å²) in [5.74, 6) is 0.431. The lowest BCUT2D eigenvalue weighted by Gasteiger charge is -2.34. The fraction of sp³-hybridized carbons (Fsp3) is 0.800. The van der Waals surface area contributed by atoms with Gasteiger partial charge in [-0.2, -0.15) is 0 Å². The molecule has 12 heavy (non-hydrogen) atoms. The third kappa shape index (κ3) is 2.61. The Morgan fingerprint density at radius 2 is 2.00 bits per heavy atom. The third-order valence-electron chi connectivity index (χ3n) is 2.34. The van der Waals surface area contributed by atoms with Crippen LogP contribution in [0.1, 0.15) is 20.3 Å². The molecule has 72 valence electrons. The molecule has 2 heteroatoms. The Kier molecular flexibility index (Phi) is 5.18. The largest absolute Gasteiger partial charge is 0.382 e. The van der Waals surface area contributed by atoms with Gasteiger partial charge in [0.1, 0.15) is 0 Å². The van der Waals surface area contributed by atoms with Crippen LogP contribution in [0.25, 0.3) is 0 Å². The van der Waals surface area contributed by atoms with Gasteiger partial charge in [-0.3, -0.25) is 0 Å². The van der Waals surface area contributed by atoms with Crippen molar-refractivity contribution in [1.29, 1.82) is 0 Å². The van der Waals surface area contributed by atoms with Gasteiger partial charge in [-0.1, -0.05) is 19.9 Å². The number of ether oxygens (including phenoxy) is 2. The third-order valence-corrected chi connectivity index (χ3v) is 2.34. The molecule has 0 heterocycles. The van der Waals surface area contributed by atoms with Crippen molar-refractivity contribution >= 4 is 0 Å². The van der Waals surface area contributed by atoms with E-state index in [1.54, 1.807) is 14.2 Å². The van der Waals surface area contributed by atoms with Crippen LogP contribution in [0.4, 0.5) is 0 Å². The normalized spacial score (nSPS) is 16.1. The first kappa shape index (κ1) is 11.7. The van der Waals surface area contributed by atoms with Crippen LogP contribution < -0.4 is 0 Å². The lowest BCUT2D eigenvalue weighted by atomic mass is 9.87. The molecule has 0 aliphatic rings. The standard InChI is InChI=1S/C10H20O2/c1-6-7-10(12-5,8-11-4)9(2)3/h6,9H,1,7-8H2,2-5H3. The molecule has 0 rings (SSSR count). The predicted octanol–water partition coefficient (Wildman–Crippen LogP) is 2.25. The number of methoxy groups -OCH3 is 2. The zero-order valence-corrected chi connectivity index (χ0v) is 8.59. The molecule has 0 aliphatic heterocycles. The first-order chi connectivity index (χ1) is 5.63. The van der Waals surface area contributed by atoms with E-state index in [1.807, 2.05) is 6.08 Å². The van der Waals surface area contributed by atoms with Gasteiger partial charge in [0.05, 0.1) is 12.2 Å². The molecule has 0 aliphatic carbocycles. The molecule has 0 bridgehead atoms. The molecule has 2 nitrogen and oxygen atoms in total. The van der Waals surface area contributed by atoms with Crippen molar-refractivity contribution in [2.24, 2.45) is 5.92 Å². The maximum atomic E-state index is 5.48. The number of hydrogen-bond donors (Lipinski definition) is 0. The van der Waals surface area contributed by atoms with Crippen LogP contribution in [-0.4, -0.2) is 26.4 Å². The summed E-state index contributed by atoms with van der Waals surface area (Å²) >= 11 is 0. The van der Waals surface area contributed by atoms with E-state index in [0.717, 1.165) is 6.42 Å². The Morgan fingerprint density at radius 1 is 1.42 bits per heavy atom. The zero-order valence-electron chi connectivity index (χ0n) is 8.59. The molecule has 0 saturated carbocycles. The first-order valence-corrected chi connectivity index (χ1v) is 4.28. The molecule has 1 unspecified atom stereocenters. The lowest BCUT2D eigenvalue weighted by Crippen LogP contribution is -2.41. The van der Waals surface area contributed by atoms with Gasteiger partial charge in [-0.15, -0.1) is 6.58 Å². The second-order valence-electron chi connectivity index (χ2n) is 3.35. The second kappa shape index (κ2) is 5.33. The van der Waals surface area contributed by atoms with E-state index in [0.29, 0.717) is 12.5 Å². The van der Waals surface area contributed by atoms with Crippen molar-refractivity contribution in [3.63, 3.8) is 0 Å². The van der Waals surface area contributed by atoms with Gasteiger partial charge in [0, 0.05) is 14.2 Å². The molecular formula is C10H20O2. The Labute approximate surface area is 75.6 Å². The molecule has 0 aromatic carbocycles. The Hall–Kier alpha value is -0.340. The molecule has 0 amide bonds. The number of rotatable bonds is 6. The predicted molar refractivity (Wildman–Crippen MR) is 51.3 cm³/mol. The zero-order chi connectivity index (χ0) is 9.61. The summed E-state index contributed by atoms with van der Waals surface area (Å²) < 4.78 is 10.6. The van der Waals surface area contributed by atoms with Gasteiger partial charge in [0.2, 0.25) is 0 Å². The van der Waals surface area contributed by atoms with Crippen LogP contribution in [0.2, 0.25) is 0 Å². The van der Waals surface area contributed by atoms with Gasteiger partial charge >= 0.3 is 0 Å². The highest BCUT2D eigenvalue weighted by atomic mass is 16.5. The highest BCUT2D eigenvalue weighted by Gasteiger charge is 2.32. The SMILES string of the molecule is C=CCC(COC)(OC)C(C)C. The molecule has 0 aromatic rings. The van der Waals surface area contributed by atoms with Crippen LogP contribution in [0.5, 0.6) is 0 Å². The summed E-state index contributed by atoms with van der Waals surface area (Å²) in [6.07, 6.45) is 2.71. The average molecular weight is 172 g/mol. The van der Waals surface area contributed by atoms with E-state index in [2.05, 4.69) is 20.4 Å². The van der Waals surface area contributed by atoms with Crippen molar-refractivity contribution in [2.75, 3.05) is 20.8 Å². The minimum Gasteiger partial charge on any atom is -0.382 e. The van der Waals surface area contributed by atoms with Crippen LogP contribution in [0.3, 0.4) is 0 Å². The summed E-state index contributed by atoms with van der Waals surface area (Å²) in [4.78, 5) is 0. The van der Waals surface area contributed by atoms with E-state index in [4.69, 9.17) is 9.47 Å². The van der Waals surface area contributed by atoms with Crippen LogP contribution in [-0.2, 0) is 9.47 Å². The molecule has 0 saturated heterocycles. The highest BCUT2D eigenvalue weighted by molar-refractivity contribution is 4.90. The second-order valence-corrected chi connectivity index (χ2v) is 3.35. The minimum absolute atomic E-state index is 0.198. The van der Waals surface area contributed by atoms with Gasteiger partial charge in [0.15, 0.2) is 0 Å². The molecular weight excluding hydrogens is 152 g/mol. The highest BCUT2D eigenvalue weighted by Crippen LogP contribution is 2.25. The Morgan fingerprint density at radius 3 is 2.25 bits per heavy atom. The van der Waals surface area contributed by atoms with Crippen LogP contribution >= 0.6 is 0 Å². The monoisotopic (exact) mass is 172 g/mol. The van der Waals surface area contributed by atoms with Crippen molar-refractivity contribution in [3.8, 4) is 0 Å². The van der Waals surface area contributed by atoms with Gasteiger partial charge in [-0.05, 0) is 12.3 Å². The molecule has 0 fully saturated rings. The van der Waals surface area contributed by atoms with Gasteiger partial charge in [-0.25, -0.2) is 0 Å². The number of hydrogen-bond acceptors (Lipinski definition) is 2. The average Bonchev–Trinajstić information content (AvgIpc) is 2.03. The van der Waals surface area contributed by atoms with Gasteiger partial charge in [0.25, 0.3) is 0 Å². The summed E-state index contributed by atoms with van der Waals surface area (Å²) in [5.41, 5.74) is -0.198. The van der Waals surface area contributed by atoms with E-state index < -0.39 is 0 Å².